The Morgan fingerprint density at radius 1 is 1.21 bits per heavy atom. The van der Waals surface area contributed by atoms with Gasteiger partial charge in [-0.05, 0) is 49.4 Å². The molecule has 0 aromatic heterocycles. The van der Waals surface area contributed by atoms with E-state index >= 15 is 0 Å². The van der Waals surface area contributed by atoms with Crippen molar-refractivity contribution in [3.8, 4) is 0 Å². The van der Waals surface area contributed by atoms with Gasteiger partial charge in [0.25, 0.3) is 0 Å². The number of fused-ring (bicyclic) bond motifs is 1. The molecule has 2 nitrogen and oxygen atoms in total. The zero-order valence-electron chi connectivity index (χ0n) is 11.6. The van der Waals surface area contributed by atoms with E-state index in [2.05, 4.69) is 17.3 Å². The maximum Gasteiger partial charge on any atom is 0.123 e. The monoisotopic (exact) mass is 262 g/mol. The largest absolute Gasteiger partial charge is 0.373 e. The van der Waals surface area contributed by atoms with Crippen LogP contribution in [0.3, 0.4) is 0 Å². The SMILES string of the molecule is CN(CC1CC2CCCCC2N1)c1ccc(F)cc1. The molecule has 19 heavy (non-hydrogen) atoms. The van der Waals surface area contributed by atoms with E-state index < -0.39 is 0 Å². The lowest BCUT2D eigenvalue weighted by atomic mass is 9.85. The summed E-state index contributed by atoms with van der Waals surface area (Å²) >= 11 is 0. The lowest BCUT2D eigenvalue weighted by molar-refractivity contribution is 0.325. The van der Waals surface area contributed by atoms with Gasteiger partial charge in [0, 0.05) is 31.4 Å². The highest BCUT2D eigenvalue weighted by Gasteiger charge is 2.35. The van der Waals surface area contributed by atoms with Crippen molar-refractivity contribution in [1.29, 1.82) is 0 Å². The molecule has 3 heteroatoms. The summed E-state index contributed by atoms with van der Waals surface area (Å²) in [4.78, 5) is 2.23. The van der Waals surface area contributed by atoms with Gasteiger partial charge in [0.05, 0.1) is 0 Å². The second kappa shape index (κ2) is 5.49. The van der Waals surface area contributed by atoms with Gasteiger partial charge in [0.1, 0.15) is 5.82 Å². The average molecular weight is 262 g/mol. The first kappa shape index (κ1) is 12.9. The van der Waals surface area contributed by atoms with Crippen LogP contribution in [0.15, 0.2) is 24.3 Å². The Balaban J connectivity index is 1.58. The van der Waals surface area contributed by atoms with Crippen LogP contribution < -0.4 is 10.2 Å². The zero-order valence-corrected chi connectivity index (χ0v) is 11.6. The van der Waals surface area contributed by atoms with Gasteiger partial charge in [-0.15, -0.1) is 0 Å². The number of hydrogen-bond donors (Lipinski definition) is 1. The topological polar surface area (TPSA) is 15.3 Å². The third-order valence-electron chi connectivity index (χ3n) is 4.71. The summed E-state index contributed by atoms with van der Waals surface area (Å²) in [6.45, 7) is 1.01. The van der Waals surface area contributed by atoms with E-state index in [1.165, 1.54) is 44.2 Å². The third kappa shape index (κ3) is 2.92. The minimum Gasteiger partial charge on any atom is -0.373 e. The lowest BCUT2D eigenvalue weighted by Crippen LogP contribution is -2.39. The van der Waals surface area contributed by atoms with E-state index in [1.54, 1.807) is 0 Å². The summed E-state index contributed by atoms with van der Waals surface area (Å²) < 4.78 is 12.9. The third-order valence-corrected chi connectivity index (χ3v) is 4.71. The molecule has 2 aliphatic rings. The van der Waals surface area contributed by atoms with Crippen LogP contribution in [0.25, 0.3) is 0 Å². The van der Waals surface area contributed by atoms with E-state index in [-0.39, 0.29) is 5.82 Å². The summed E-state index contributed by atoms with van der Waals surface area (Å²) in [6, 6.07) is 8.12. The predicted octanol–water partition coefficient (Wildman–Crippen LogP) is 3.18. The lowest BCUT2D eigenvalue weighted by Gasteiger charge is -2.25. The maximum atomic E-state index is 12.9. The molecule has 3 rings (SSSR count). The quantitative estimate of drug-likeness (QED) is 0.900. The second-order valence-corrected chi connectivity index (χ2v) is 6.11. The fourth-order valence-corrected chi connectivity index (χ4v) is 3.70. The molecule has 0 bridgehead atoms. The summed E-state index contributed by atoms with van der Waals surface area (Å²) in [7, 11) is 2.09. The van der Waals surface area contributed by atoms with Crippen LogP contribution >= 0.6 is 0 Å². The van der Waals surface area contributed by atoms with E-state index in [9.17, 15) is 4.39 Å². The van der Waals surface area contributed by atoms with Crippen molar-refractivity contribution in [2.24, 2.45) is 5.92 Å². The van der Waals surface area contributed by atoms with E-state index in [0.29, 0.717) is 6.04 Å². The summed E-state index contributed by atoms with van der Waals surface area (Å²) in [5.41, 5.74) is 1.10. The molecule has 1 saturated heterocycles. The molecule has 104 valence electrons. The van der Waals surface area contributed by atoms with Crippen molar-refractivity contribution >= 4 is 5.69 Å². The first-order valence-electron chi connectivity index (χ1n) is 7.45. The molecule has 1 aromatic carbocycles. The Morgan fingerprint density at radius 3 is 2.68 bits per heavy atom. The Labute approximate surface area is 115 Å². The minimum atomic E-state index is -0.165. The smallest absolute Gasteiger partial charge is 0.123 e. The molecular formula is C16H23FN2. The number of likely N-dealkylation sites (N-methyl/N-ethyl adjacent to an activating group) is 1. The Bertz CT molecular complexity index is 403. The van der Waals surface area contributed by atoms with Gasteiger partial charge < -0.3 is 10.2 Å². The van der Waals surface area contributed by atoms with Crippen LogP contribution in [-0.2, 0) is 0 Å². The van der Waals surface area contributed by atoms with Crippen molar-refractivity contribution < 1.29 is 4.39 Å². The minimum absolute atomic E-state index is 0.165. The van der Waals surface area contributed by atoms with Crippen molar-refractivity contribution in [3.63, 3.8) is 0 Å². The molecule has 1 aromatic rings. The van der Waals surface area contributed by atoms with Crippen molar-refractivity contribution in [2.45, 2.75) is 44.2 Å². The summed E-state index contributed by atoms with van der Waals surface area (Å²) in [6.07, 6.45) is 6.84. The molecule has 1 saturated carbocycles. The van der Waals surface area contributed by atoms with Gasteiger partial charge in [-0.1, -0.05) is 12.8 Å². The van der Waals surface area contributed by atoms with Crippen molar-refractivity contribution in [1.82, 2.24) is 5.32 Å². The molecule has 3 unspecified atom stereocenters. The molecule has 0 amide bonds. The van der Waals surface area contributed by atoms with E-state index in [0.717, 1.165) is 24.2 Å². The Hall–Kier alpha value is -1.09. The van der Waals surface area contributed by atoms with Crippen molar-refractivity contribution in [3.05, 3.63) is 30.1 Å². The first-order chi connectivity index (χ1) is 9.22. The number of anilines is 1. The van der Waals surface area contributed by atoms with E-state index in [4.69, 9.17) is 0 Å². The molecular weight excluding hydrogens is 239 g/mol. The highest BCUT2D eigenvalue weighted by Crippen LogP contribution is 2.33. The van der Waals surface area contributed by atoms with Crippen LogP contribution in [0.5, 0.6) is 0 Å². The van der Waals surface area contributed by atoms with Crippen LogP contribution in [0.2, 0.25) is 0 Å². The van der Waals surface area contributed by atoms with Gasteiger partial charge in [0.2, 0.25) is 0 Å². The van der Waals surface area contributed by atoms with E-state index in [1.807, 2.05) is 12.1 Å². The second-order valence-electron chi connectivity index (χ2n) is 6.11. The fourth-order valence-electron chi connectivity index (χ4n) is 3.70. The number of nitrogens with zero attached hydrogens (tertiary/aromatic N) is 1. The van der Waals surface area contributed by atoms with Gasteiger partial charge in [-0.3, -0.25) is 0 Å². The summed E-state index contributed by atoms with van der Waals surface area (Å²) in [5, 5.41) is 3.79. The average Bonchev–Trinajstić information content (AvgIpc) is 2.81. The normalized spacial score (nSPS) is 30.1. The Morgan fingerprint density at radius 2 is 1.95 bits per heavy atom. The van der Waals surface area contributed by atoms with Crippen LogP contribution in [0.1, 0.15) is 32.1 Å². The number of benzene rings is 1. The number of nitrogens with one attached hydrogen (secondary N) is 1. The first-order valence-corrected chi connectivity index (χ1v) is 7.45. The molecule has 3 atom stereocenters. The van der Waals surface area contributed by atoms with Crippen molar-refractivity contribution in [2.75, 3.05) is 18.5 Å². The molecule has 1 heterocycles. The zero-order chi connectivity index (χ0) is 13.2. The summed E-state index contributed by atoms with van der Waals surface area (Å²) in [5.74, 6) is 0.725. The standard InChI is InChI=1S/C16H23FN2/c1-19(15-8-6-13(17)7-9-15)11-14-10-12-4-2-3-5-16(12)18-14/h6-9,12,14,16,18H,2-5,10-11H2,1H3. The number of hydrogen-bond acceptors (Lipinski definition) is 2. The number of halogens is 1. The fraction of sp³-hybridized carbons (Fsp3) is 0.625. The molecule has 1 aliphatic carbocycles. The molecule has 1 aliphatic heterocycles. The molecule has 0 spiro atoms. The maximum absolute atomic E-state index is 12.9. The molecule has 2 fully saturated rings. The van der Waals surface area contributed by atoms with Crippen LogP contribution in [0.4, 0.5) is 10.1 Å². The predicted molar refractivity (Wildman–Crippen MR) is 77.0 cm³/mol. The van der Waals surface area contributed by atoms with Gasteiger partial charge in [-0.2, -0.15) is 0 Å². The highest BCUT2D eigenvalue weighted by atomic mass is 19.1. The molecule has 0 radical (unpaired) electrons. The Kier molecular flexibility index (Phi) is 3.74. The van der Waals surface area contributed by atoms with Gasteiger partial charge in [0.15, 0.2) is 0 Å². The van der Waals surface area contributed by atoms with Crippen LogP contribution in [-0.4, -0.2) is 25.7 Å². The van der Waals surface area contributed by atoms with Gasteiger partial charge in [-0.25, -0.2) is 4.39 Å². The van der Waals surface area contributed by atoms with Gasteiger partial charge >= 0.3 is 0 Å². The highest BCUT2D eigenvalue weighted by molar-refractivity contribution is 5.45. The van der Waals surface area contributed by atoms with Crippen LogP contribution in [0, 0.1) is 11.7 Å². The number of rotatable bonds is 3. The molecule has 1 N–H and O–H groups in total.